The summed E-state index contributed by atoms with van der Waals surface area (Å²) >= 11 is 0. The summed E-state index contributed by atoms with van der Waals surface area (Å²) in [5, 5.41) is 0. The van der Waals surface area contributed by atoms with Crippen LogP contribution >= 0.6 is 0 Å². The van der Waals surface area contributed by atoms with Crippen LogP contribution in [0.1, 0.15) is 40.5 Å². The van der Waals surface area contributed by atoms with E-state index in [1.807, 2.05) is 0 Å². The molecule has 3 heteroatoms. The quantitative estimate of drug-likeness (QED) is 0.643. The monoisotopic (exact) mass is 202 g/mol. The van der Waals surface area contributed by atoms with Gasteiger partial charge in [0.15, 0.2) is 9.12 Å². The van der Waals surface area contributed by atoms with Gasteiger partial charge in [-0.25, -0.2) is 0 Å². The number of hydrogen-bond donors (Lipinski definition) is 2. The van der Waals surface area contributed by atoms with Gasteiger partial charge in [0.1, 0.15) is 0 Å². The lowest BCUT2D eigenvalue weighted by Crippen LogP contribution is -2.46. The second-order valence-electron chi connectivity index (χ2n) is 4.89. The minimum Gasteiger partial charge on any atom is -0.331 e. The lowest BCUT2D eigenvalue weighted by molar-refractivity contribution is 0.395. The molecule has 0 aromatic heterocycles. The Morgan fingerprint density at radius 2 is 1.85 bits per heavy atom. The molecule has 13 heavy (non-hydrogen) atoms. The zero-order valence-electron chi connectivity index (χ0n) is 9.91. The van der Waals surface area contributed by atoms with E-state index in [1.165, 1.54) is 25.4 Å². The first kappa shape index (κ1) is 13.1. The fraction of sp³-hybridized carbons (Fsp3) is 1.00. The van der Waals surface area contributed by atoms with E-state index in [-0.39, 0.29) is 0 Å². The molecule has 2 nitrogen and oxygen atoms in total. The molecule has 0 aliphatic heterocycles. The summed E-state index contributed by atoms with van der Waals surface area (Å²) in [6.45, 7) is 10.3. The molecule has 0 aliphatic rings. The second kappa shape index (κ2) is 6.57. The van der Waals surface area contributed by atoms with E-state index >= 15 is 0 Å². The van der Waals surface area contributed by atoms with Gasteiger partial charge in [-0.15, -0.1) is 0 Å². The van der Waals surface area contributed by atoms with Gasteiger partial charge in [0.2, 0.25) is 0 Å². The zero-order chi connectivity index (χ0) is 10.3. The molecule has 0 heterocycles. The summed E-state index contributed by atoms with van der Waals surface area (Å²) in [6.07, 6.45) is 2.56. The van der Waals surface area contributed by atoms with Crippen molar-refractivity contribution >= 4 is 9.12 Å². The minimum atomic E-state index is -0.830. The summed E-state index contributed by atoms with van der Waals surface area (Å²) in [7, 11) is 1.26. The fourth-order valence-corrected chi connectivity index (χ4v) is 3.73. The summed E-state index contributed by atoms with van der Waals surface area (Å²) in [4.78, 5) is 7.06. The third kappa shape index (κ3) is 8.47. The van der Waals surface area contributed by atoms with Crippen LogP contribution in [0, 0.1) is 5.41 Å². The maximum Gasteiger partial charge on any atom is 0.184 e. The molecule has 0 aromatic rings. The Morgan fingerprint density at radius 3 is 2.23 bits per heavy atom. The molecule has 2 N–H and O–H groups in total. The predicted molar refractivity (Wildman–Crippen MR) is 63.4 cm³/mol. The first-order chi connectivity index (χ1) is 5.99. The average molecular weight is 202 g/mol. The molecule has 0 spiro atoms. The van der Waals surface area contributed by atoms with Crippen LogP contribution in [0.4, 0.5) is 0 Å². The summed E-state index contributed by atoms with van der Waals surface area (Å²) in [5.41, 5.74) is 0.482. The highest BCUT2D eigenvalue weighted by atomic mass is 28.3. The maximum absolute atomic E-state index is 3.62. The molecule has 1 atom stereocenters. The normalized spacial score (nSPS) is 14.5. The zero-order valence-corrected chi connectivity index (χ0v) is 11.1. The molecule has 0 radical (unpaired) electrons. The van der Waals surface area contributed by atoms with Crippen molar-refractivity contribution in [2.45, 2.75) is 46.6 Å². The van der Waals surface area contributed by atoms with Crippen molar-refractivity contribution in [3.63, 3.8) is 0 Å². The Balaban J connectivity index is 3.59. The highest BCUT2D eigenvalue weighted by Crippen LogP contribution is 2.20. The van der Waals surface area contributed by atoms with Gasteiger partial charge in [0, 0.05) is 0 Å². The number of nitrogens with one attached hydrogen (secondary N) is 2. The second-order valence-corrected chi connectivity index (χ2v) is 7.56. The summed E-state index contributed by atoms with van der Waals surface area (Å²) in [5.74, 6) is 0. The van der Waals surface area contributed by atoms with E-state index in [1.54, 1.807) is 0 Å². The van der Waals surface area contributed by atoms with Crippen molar-refractivity contribution in [2.75, 3.05) is 13.6 Å². The summed E-state index contributed by atoms with van der Waals surface area (Å²) < 4.78 is 0. The van der Waals surface area contributed by atoms with Crippen LogP contribution in [0.15, 0.2) is 0 Å². The molecule has 0 saturated carbocycles. The van der Waals surface area contributed by atoms with Crippen molar-refractivity contribution in [3.8, 4) is 0 Å². The van der Waals surface area contributed by atoms with Gasteiger partial charge < -0.3 is 9.96 Å². The Morgan fingerprint density at radius 1 is 1.23 bits per heavy atom. The fourth-order valence-electron chi connectivity index (χ4n) is 1.24. The molecule has 0 fully saturated rings. The largest absolute Gasteiger partial charge is 0.331 e. The molecule has 0 amide bonds. The molecule has 0 bridgehead atoms. The molecule has 0 rings (SSSR count). The molecule has 1 unspecified atom stereocenters. The van der Waals surface area contributed by atoms with E-state index in [2.05, 4.69) is 44.7 Å². The molecular weight excluding hydrogens is 176 g/mol. The highest BCUT2D eigenvalue weighted by molar-refractivity contribution is 6.53. The van der Waals surface area contributed by atoms with Crippen LogP contribution in [0.2, 0.25) is 6.04 Å². The third-order valence-corrected chi connectivity index (χ3v) is 4.52. The van der Waals surface area contributed by atoms with E-state index in [0.717, 1.165) is 0 Å². The number of rotatable bonds is 6. The van der Waals surface area contributed by atoms with Gasteiger partial charge in [-0.1, -0.05) is 27.7 Å². The van der Waals surface area contributed by atoms with Gasteiger partial charge in [-0.05, 0) is 37.9 Å². The van der Waals surface area contributed by atoms with E-state index in [4.69, 9.17) is 0 Å². The molecule has 0 saturated heterocycles. The van der Waals surface area contributed by atoms with Crippen molar-refractivity contribution < 1.29 is 0 Å². The van der Waals surface area contributed by atoms with E-state index in [0.29, 0.717) is 5.41 Å². The van der Waals surface area contributed by atoms with Gasteiger partial charge in [0.25, 0.3) is 0 Å². The van der Waals surface area contributed by atoms with Crippen molar-refractivity contribution in [2.24, 2.45) is 5.41 Å². The Kier molecular flexibility index (Phi) is 6.64. The Bertz CT molecular complexity index is 121. The van der Waals surface area contributed by atoms with Crippen LogP contribution in [0.5, 0.6) is 0 Å². The first-order valence-electron chi connectivity index (χ1n) is 5.40. The van der Waals surface area contributed by atoms with E-state index < -0.39 is 9.12 Å². The van der Waals surface area contributed by atoms with Crippen LogP contribution in [0.25, 0.3) is 0 Å². The van der Waals surface area contributed by atoms with Crippen LogP contribution < -0.4 is 9.96 Å². The van der Waals surface area contributed by atoms with Crippen LogP contribution in [-0.4, -0.2) is 22.7 Å². The lowest BCUT2D eigenvalue weighted by atomic mass is 9.94. The molecular formula is C10H26N2Si. The third-order valence-electron chi connectivity index (χ3n) is 2.17. The topological polar surface area (TPSA) is 24.1 Å². The van der Waals surface area contributed by atoms with Crippen molar-refractivity contribution in [1.82, 2.24) is 9.96 Å². The Hall–Kier alpha value is 0.137. The van der Waals surface area contributed by atoms with Gasteiger partial charge in [-0.2, -0.15) is 0 Å². The number of hydrogen-bond acceptors (Lipinski definition) is 2. The lowest BCUT2D eigenvalue weighted by Gasteiger charge is -2.22. The maximum atomic E-state index is 3.62. The first-order valence-corrected chi connectivity index (χ1v) is 7.37. The average Bonchev–Trinajstić information content (AvgIpc) is 2.03. The van der Waals surface area contributed by atoms with Crippen LogP contribution in [0.3, 0.4) is 0 Å². The van der Waals surface area contributed by atoms with Crippen molar-refractivity contribution in [1.29, 1.82) is 0 Å². The smallest absolute Gasteiger partial charge is 0.184 e. The van der Waals surface area contributed by atoms with Crippen LogP contribution in [-0.2, 0) is 0 Å². The van der Waals surface area contributed by atoms with Crippen molar-refractivity contribution in [3.05, 3.63) is 0 Å². The Labute approximate surface area is 85.3 Å². The molecule has 0 aromatic carbocycles. The predicted octanol–water partition coefficient (Wildman–Crippen LogP) is 1.86. The van der Waals surface area contributed by atoms with E-state index in [9.17, 15) is 0 Å². The minimum absolute atomic E-state index is 0.482. The summed E-state index contributed by atoms with van der Waals surface area (Å²) in [6, 6.07) is 1.35. The molecule has 0 aliphatic carbocycles. The molecule has 80 valence electrons. The van der Waals surface area contributed by atoms with Gasteiger partial charge >= 0.3 is 0 Å². The van der Waals surface area contributed by atoms with Gasteiger partial charge in [0.05, 0.1) is 0 Å². The standard InChI is InChI=1S/C10H26N2Si/c1-6-8-12-13(11-5)9-7-10(2,3)4/h11-13H,6-9H2,1-5H3. The van der Waals surface area contributed by atoms with Gasteiger partial charge in [-0.3, -0.25) is 0 Å². The highest BCUT2D eigenvalue weighted by Gasteiger charge is 2.14. The SMILES string of the molecule is CCCN[SiH](CCC(C)(C)C)NC.